The van der Waals surface area contributed by atoms with E-state index in [1.807, 2.05) is 6.92 Å². The smallest absolute Gasteiger partial charge is 0.0611 e. The molecule has 4 nitrogen and oxygen atoms in total. The van der Waals surface area contributed by atoms with Crippen LogP contribution >= 0.6 is 0 Å². The van der Waals surface area contributed by atoms with Gasteiger partial charge in [0.05, 0.1) is 18.8 Å². The first-order valence-corrected chi connectivity index (χ1v) is 7.14. The molecule has 0 aromatic rings. The third kappa shape index (κ3) is 5.22. The Balaban J connectivity index is 2.23. The molecule has 18 heavy (non-hydrogen) atoms. The second kappa shape index (κ2) is 8.10. The van der Waals surface area contributed by atoms with E-state index in [1.54, 1.807) is 7.11 Å². The van der Waals surface area contributed by atoms with E-state index in [4.69, 9.17) is 9.47 Å². The molecule has 0 aromatic heterocycles. The van der Waals surface area contributed by atoms with Gasteiger partial charge in [0.1, 0.15) is 0 Å². The molecule has 0 radical (unpaired) electrons. The van der Waals surface area contributed by atoms with Crippen molar-refractivity contribution in [2.75, 3.05) is 26.9 Å². The van der Waals surface area contributed by atoms with Gasteiger partial charge in [0.25, 0.3) is 0 Å². The van der Waals surface area contributed by atoms with E-state index in [-0.39, 0.29) is 12.1 Å². The molecule has 3 atom stereocenters. The Labute approximate surface area is 111 Å². The van der Waals surface area contributed by atoms with Gasteiger partial charge in [-0.3, -0.25) is 0 Å². The zero-order valence-electron chi connectivity index (χ0n) is 12.1. The van der Waals surface area contributed by atoms with Gasteiger partial charge in [-0.25, -0.2) is 0 Å². The van der Waals surface area contributed by atoms with Crippen LogP contribution < -0.4 is 5.32 Å². The van der Waals surface area contributed by atoms with Gasteiger partial charge < -0.3 is 19.9 Å². The number of rotatable bonds is 8. The van der Waals surface area contributed by atoms with Gasteiger partial charge in [-0.05, 0) is 45.6 Å². The molecule has 1 fully saturated rings. The van der Waals surface area contributed by atoms with E-state index in [1.165, 1.54) is 6.42 Å². The Morgan fingerprint density at radius 3 is 2.67 bits per heavy atom. The molecule has 0 heterocycles. The molecule has 0 aliphatic heterocycles. The van der Waals surface area contributed by atoms with Crippen molar-refractivity contribution in [1.82, 2.24) is 5.32 Å². The molecule has 1 aliphatic rings. The summed E-state index contributed by atoms with van der Waals surface area (Å²) in [5.41, 5.74) is -0.218. The van der Waals surface area contributed by atoms with E-state index < -0.39 is 0 Å². The van der Waals surface area contributed by atoms with Crippen LogP contribution in [0.5, 0.6) is 0 Å². The van der Waals surface area contributed by atoms with Crippen molar-refractivity contribution < 1.29 is 14.6 Å². The molecular weight excluding hydrogens is 230 g/mol. The fourth-order valence-electron chi connectivity index (χ4n) is 2.57. The maximum absolute atomic E-state index is 9.40. The standard InChI is InChI=1S/C14H29NO3/c1-4-15-14(2,11-16)8-9-18-13-7-5-6-12(10-13)17-3/h12-13,15-16H,4-11H2,1-3H3. The van der Waals surface area contributed by atoms with Crippen LogP contribution in [-0.2, 0) is 9.47 Å². The predicted molar refractivity (Wildman–Crippen MR) is 72.8 cm³/mol. The van der Waals surface area contributed by atoms with Crippen LogP contribution in [0.25, 0.3) is 0 Å². The molecule has 1 rings (SSSR count). The predicted octanol–water partition coefficient (Wildman–Crippen LogP) is 1.71. The second-order valence-corrected chi connectivity index (χ2v) is 5.52. The van der Waals surface area contributed by atoms with Crippen molar-refractivity contribution >= 4 is 0 Å². The van der Waals surface area contributed by atoms with E-state index in [2.05, 4.69) is 12.2 Å². The number of aliphatic hydroxyl groups excluding tert-OH is 1. The molecule has 0 spiro atoms. The van der Waals surface area contributed by atoms with Crippen LogP contribution in [0, 0.1) is 0 Å². The van der Waals surface area contributed by atoms with E-state index >= 15 is 0 Å². The van der Waals surface area contributed by atoms with Gasteiger partial charge in [-0.2, -0.15) is 0 Å². The van der Waals surface area contributed by atoms with Crippen LogP contribution in [0.2, 0.25) is 0 Å². The monoisotopic (exact) mass is 259 g/mol. The molecule has 4 heteroatoms. The average Bonchev–Trinajstić information content (AvgIpc) is 2.39. The second-order valence-electron chi connectivity index (χ2n) is 5.52. The molecule has 0 aromatic carbocycles. The van der Waals surface area contributed by atoms with Gasteiger partial charge in [0, 0.05) is 19.3 Å². The average molecular weight is 259 g/mol. The number of likely N-dealkylation sites (N-methyl/N-ethyl adjacent to an activating group) is 1. The van der Waals surface area contributed by atoms with Crippen molar-refractivity contribution in [3.8, 4) is 0 Å². The number of ether oxygens (including phenoxy) is 2. The summed E-state index contributed by atoms with van der Waals surface area (Å²) in [5, 5.41) is 12.7. The molecular formula is C14H29NO3. The van der Waals surface area contributed by atoms with Crippen LogP contribution in [0.1, 0.15) is 46.0 Å². The minimum absolute atomic E-state index is 0.148. The summed E-state index contributed by atoms with van der Waals surface area (Å²) in [7, 11) is 1.78. The largest absolute Gasteiger partial charge is 0.394 e. The van der Waals surface area contributed by atoms with Gasteiger partial charge in [0.15, 0.2) is 0 Å². The molecule has 0 saturated heterocycles. The van der Waals surface area contributed by atoms with Crippen molar-refractivity contribution in [1.29, 1.82) is 0 Å². The lowest BCUT2D eigenvalue weighted by molar-refractivity contribution is -0.0362. The van der Waals surface area contributed by atoms with Crippen molar-refractivity contribution in [3.05, 3.63) is 0 Å². The minimum atomic E-state index is -0.218. The normalized spacial score (nSPS) is 28.0. The first-order chi connectivity index (χ1) is 8.63. The minimum Gasteiger partial charge on any atom is -0.394 e. The Morgan fingerprint density at radius 2 is 2.06 bits per heavy atom. The van der Waals surface area contributed by atoms with Crippen LogP contribution in [0.3, 0.4) is 0 Å². The lowest BCUT2D eigenvalue weighted by atomic mass is 9.94. The number of hydrogen-bond donors (Lipinski definition) is 2. The zero-order valence-corrected chi connectivity index (χ0v) is 12.1. The Kier molecular flexibility index (Phi) is 7.15. The first-order valence-electron chi connectivity index (χ1n) is 7.14. The molecule has 1 aliphatic carbocycles. The molecule has 3 unspecified atom stereocenters. The molecule has 2 N–H and O–H groups in total. The summed E-state index contributed by atoms with van der Waals surface area (Å²) in [6.45, 7) is 5.81. The maximum atomic E-state index is 9.40. The summed E-state index contributed by atoms with van der Waals surface area (Å²) in [6, 6.07) is 0. The number of hydrogen-bond acceptors (Lipinski definition) is 4. The Morgan fingerprint density at radius 1 is 1.33 bits per heavy atom. The van der Waals surface area contributed by atoms with Gasteiger partial charge >= 0.3 is 0 Å². The first kappa shape index (κ1) is 15.9. The van der Waals surface area contributed by atoms with Gasteiger partial charge in [-0.15, -0.1) is 0 Å². The zero-order chi connectivity index (χ0) is 13.4. The van der Waals surface area contributed by atoms with Crippen LogP contribution in [-0.4, -0.2) is 49.7 Å². The third-order valence-corrected chi connectivity index (χ3v) is 3.87. The molecule has 0 bridgehead atoms. The number of methoxy groups -OCH3 is 1. The highest BCUT2D eigenvalue weighted by Gasteiger charge is 2.25. The lowest BCUT2D eigenvalue weighted by Gasteiger charge is -2.31. The highest BCUT2D eigenvalue weighted by atomic mass is 16.5. The topological polar surface area (TPSA) is 50.7 Å². The van der Waals surface area contributed by atoms with E-state index in [9.17, 15) is 5.11 Å². The third-order valence-electron chi connectivity index (χ3n) is 3.87. The fraction of sp³-hybridized carbons (Fsp3) is 1.00. The highest BCUT2D eigenvalue weighted by Crippen LogP contribution is 2.23. The quantitative estimate of drug-likeness (QED) is 0.697. The molecule has 1 saturated carbocycles. The number of nitrogens with one attached hydrogen (secondary N) is 1. The summed E-state index contributed by atoms with van der Waals surface area (Å²) < 4.78 is 11.3. The van der Waals surface area contributed by atoms with Crippen LogP contribution in [0.15, 0.2) is 0 Å². The summed E-state index contributed by atoms with van der Waals surface area (Å²) in [4.78, 5) is 0. The van der Waals surface area contributed by atoms with Crippen molar-refractivity contribution in [2.24, 2.45) is 0 Å². The SMILES string of the molecule is CCNC(C)(CO)CCOC1CCCC(OC)C1. The summed E-state index contributed by atoms with van der Waals surface area (Å²) in [6.07, 6.45) is 6.01. The van der Waals surface area contributed by atoms with E-state index in [0.29, 0.717) is 18.8 Å². The number of aliphatic hydroxyl groups is 1. The lowest BCUT2D eigenvalue weighted by Crippen LogP contribution is -2.46. The Bertz CT molecular complexity index is 225. The molecule has 108 valence electrons. The van der Waals surface area contributed by atoms with Gasteiger partial charge in [0.2, 0.25) is 0 Å². The van der Waals surface area contributed by atoms with Crippen molar-refractivity contribution in [2.45, 2.75) is 63.7 Å². The van der Waals surface area contributed by atoms with Crippen molar-refractivity contribution in [3.63, 3.8) is 0 Å². The fourth-order valence-corrected chi connectivity index (χ4v) is 2.57. The van der Waals surface area contributed by atoms with Crippen LogP contribution in [0.4, 0.5) is 0 Å². The molecule has 0 amide bonds. The maximum Gasteiger partial charge on any atom is 0.0611 e. The summed E-state index contributed by atoms with van der Waals surface area (Å²) in [5.74, 6) is 0. The van der Waals surface area contributed by atoms with E-state index in [0.717, 1.165) is 32.2 Å². The van der Waals surface area contributed by atoms with Gasteiger partial charge in [-0.1, -0.05) is 6.92 Å². The summed E-state index contributed by atoms with van der Waals surface area (Å²) >= 11 is 0. The Hall–Kier alpha value is -0.160. The highest BCUT2D eigenvalue weighted by molar-refractivity contribution is 4.82.